The largest absolute Gasteiger partial charge is 0.483 e. The molecule has 0 aliphatic heterocycles. The summed E-state index contributed by atoms with van der Waals surface area (Å²) in [6.07, 6.45) is 0. The van der Waals surface area contributed by atoms with Crippen LogP contribution in [-0.4, -0.2) is 11.6 Å². The molecule has 0 bridgehead atoms. The first kappa shape index (κ1) is 15.7. The molecule has 0 amide bonds. The second-order valence-corrected chi connectivity index (χ2v) is 3.27. The Morgan fingerprint density at radius 3 is 1.65 bits per heavy atom. The van der Waals surface area contributed by atoms with Crippen LogP contribution in [0.25, 0.3) is 10.8 Å². The summed E-state index contributed by atoms with van der Waals surface area (Å²) in [5, 5.41) is 4.21. The molecule has 0 saturated heterocycles. The average molecular weight is 300 g/mol. The summed E-state index contributed by atoms with van der Waals surface area (Å²) in [4.78, 5) is 8.36. The Morgan fingerprint density at radius 1 is 0.750 bits per heavy atom. The van der Waals surface area contributed by atoms with Crippen molar-refractivity contribution in [1.29, 1.82) is 0 Å². The molecule has 0 aromatic heterocycles. The maximum Gasteiger partial charge on any atom is 0.290 e. The van der Waals surface area contributed by atoms with E-state index in [0.717, 1.165) is 0 Å². The van der Waals surface area contributed by atoms with Gasteiger partial charge in [-0.15, -0.1) is 0 Å². The maximum atomic E-state index is 13.1. The fourth-order valence-electron chi connectivity index (χ4n) is 1.40. The number of carboxylic acid groups (broad SMARTS) is 1. The van der Waals surface area contributed by atoms with Gasteiger partial charge in [0.25, 0.3) is 6.47 Å². The van der Waals surface area contributed by atoms with Crippen LogP contribution in [0, 0.1) is 40.7 Å². The Morgan fingerprint density at radius 2 is 1.15 bits per heavy atom. The molecule has 0 spiro atoms. The van der Waals surface area contributed by atoms with E-state index in [2.05, 4.69) is 0 Å². The minimum Gasteiger partial charge on any atom is -0.483 e. The number of hydrogen-bond acceptors (Lipinski definition) is 1. The van der Waals surface area contributed by atoms with E-state index in [4.69, 9.17) is 9.90 Å². The van der Waals surface area contributed by atoms with Gasteiger partial charge in [-0.25, -0.2) is 30.7 Å². The zero-order valence-electron chi connectivity index (χ0n) is 9.16. The van der Waals surface area contributed by atoms with E-state index >= 15 is 0 Å². The lowest BCUT2D eigenvalue weighted by Gasteiger charge is -2.06. The lowest BCUT2D eigenvalue weighted by Crippen LogP contribution is -2.03. The van der Waals surface area contributed by atoms with Gasteiger partial charge in [0.05, 0.1) is 5.39 Å². The molecule has 2 nitrogen and oxygen atoms in total. The summed E-state index contributed by atoms with van der Waals surface area (Å²) in [5.41, 5.74) is 0. The van der Waals surface area contributed by atoms with Gasteiger partial charge in [0.15, 0.2) is 40.7 Å². The fourth-order valence-corrected chi connectivity index (χ4v) is 1.40. The van der Waals surface area contributed by atoms with E-state index in [1.807, 2.05) is 0 Å². The Labute approximate surface area is 106 Å². The number of hydrogen-bond donors (Lipinski definition) is 1. The smallest absolute Gasteiger partial charge is 0.290 e. The topological polar surface area (TPSA) is 37.3 Å². The summed E-state index contributed by atoms with van der Waals surface area (Å²) in [6.45, 7) is -0.250. The molecule has 0 radical (unpaired) electrons. The molecule has 20 heavy (non-hydrogen) atoms. The van der Waals surface area contributed by atoms with Crippen LogP contribution in [-0.2, 0) is 4.79 Å². The van der Waals surface area contributed by atoms with Crippen LogP contribution in [0.1, 0.15) is 0 Å². The van der Waals surface area contributed by atoms with Gasteiger partial charge in [0.2, 0.25) is 0 Å². The van der Waals surface area contributed by atoms with Crippen molar-refractivity contribution in [3.05, 3.63) is 46.8 Å². The molecule has 9 heteroatoms. The van der Waals surface area contributed by atoms with E-state index in [-0.39, 0.29) is 12.5 Å². The van der Waals surface area contributed by atoms with Gasteiger partial charge in [0, 0.05) is 5.39 Å². The van der Waals surface area contributed by atoms with Crippen molar-refractivity contribution in [2.24, 2.45) is 0 Å². The monoisotopic (exact) mass is 300 g/mol. The molecule has 0 heterocycles. The van der Waals surface area contributed by atoms with Crippen LogP contribution >= 0.6 is 0 Å². The van der Waals surface area contributed by atoms with Crippen LogP contribution in [0.4, 0.5) is 30.7 Å². The van der Waals surface area contributed by atoms with Gasteiger partial charge >= 0.3 is 0 Å². The molecule has 0 fully saturated rings. The third-order valence-electron chi connectivity index (χ3n) is 2.20. The molecule has 108 valence electrons. The molecule has 0 aliphatic carbocycles. The predicted octanol–water partition coefficient (Wildman–Crippen LogP) is 3.51. The Bertz CT molecular complexity index is 677. The Kier molecular flexibility index (Phi) is 4.53. The molecule has 1 N–H and O–H groups in total. The van der Waals surface area contributed by atoms with Crippen LogP contribution < -0.4 is 0 Å². The molecule has 2 aromatic rings. The summed E-state index contributed by atoms with van der Waals surface area (Å²) in [6, 6.07) is 0.0503. The van der Waals surface area contributed by atoms with E-state index < -0.39 is 51.5 Å². The molecular formula is C11H3F7O2. The van der Waals surface area contributed by atoms with Gasteiger partial charge in [0.1, 0.15) is 0 Å². The minimum atomic E-state index is -2.29. The zero-order valence-corrected chi connectivity index (χ0v) is 9.16. The number of rotatable bonds is 0. The Hall–Kier alpha value is -2.32. The zero-order chi connectivity index (χ0) is 15.6. The lowest BCUT2D eigenvalue weighted by molar-refractivity contribution is -0.122. The molecule has 2 aromatic carbocycles. The number of benzene rings is 2. The second kappa shape index (κ2) is 5.76. The maximum absolute atomic E-state index is 13.1. The molecule has 2 rings (SSSR count). The van der Waals surface area contributed by atoms with Crippen molar-refractivity contribution >= 4 is 17.2 Å². The van der Waals surface area contributed by atoms with Crippen LogP contribution in [0.15, 0.2) is 6.07 Å². The normalized spacial score (nSPS) is 10.2. The average Bonchev–Trinajstić information content (AvgIpc) is 2.40. The summed E-state index contributed by atoms with van der Waals surface area (Å²) >= 11 is 0. The van der Waals surface area contributed by atoms with E-state index in [1.54, 1.807) is 0 Å². The van der Waals surface area contributed by atoms with E-state index in [0.29, 0.717) is 0 Å². The van der Waals surface area contributed by atoms with Crippen molar-refractivity contribution in [1.82, 2.24) is 0 Å². The SMILES string of the molecule is Fc1cc2c(F)c(F)c(F)c(F)c2c(F)c1F.O=CO. The van der Waals surface area contributed by atoms with Gasteiger partial charge in [-0.3, -0.25) is 4.79 Å². The first-order valence-electron chi connectivity index (χ1n) is 4.64. The number of halogens is 7. The van der Waals surface area contributed by atoms with Gasteiger partial charge in [-0.1, -0.05) is 0 Å². The van der Waals surface area contributed by atoms with E-state index in [1.165, 1.54) is 0 Å². The van der Waals surface area contributed by atoms with Crippen molar-refractivity contribution in [2.45, 2.75) is 0 Å². The van der Waals surface area contributed by atoms with Gasteiger partial charge in [-0.2, -0.15) is 0 Å². The van der Waals surface area contributed by atoms with E-state index in [9.17, 15) is 30.7 Å². The highest BCUT2D eigenvalue weighted by Crippen LogP contribution is 2.31. The second-order valence-electron chi connectivity index (χ2n) is 3.27. The fraction of sp³-hybridized carbons (Fsp3) is 0. The van der Waals surface area contributed by atoms with Gasteiger partial charge < -0.3 is 5.11 Å². The van der Waals surface area contributed by atoms with Crippen molar-refractivity contribution < 1.29 is 40.6 Å². The molecule has 0 unspecified atom stereocenters. The predicted molar refractivity (Wildman–Crippen MR) is 52.3 cm³/mol. The molecular weight excluding hydrogens is 297 g/mol. The standard InChI is InChI=1S/C10HF7.CH2O2/c11-3-1-2-4(7(14)6(3)13)8(15)10(17)9(16)5(2)12;2-1-3/h1H;1H,(H,2,3). The lowest BCUT2D eigenvalue weighted by atomic mass is 10.1. The number of fused-ring (bicyclic) bond motifs is 1. The third kappa shape index (κ3) is 2.38. The van der Waals surface area contributed by atoms with Gasteiger partial charge in [-0.05, 0) is 6.07 Å². The Balaban J connectivity index is 0.000000612. The molecule has 0 saturated carbocycles. The molecule has 0 atom stereocenters. The highest BCUT2D eigenvalue weighted by molar-refractivity contribution is 5.84. The van der Waals surface area contributed by atoms with Crippen LogP contribution in [0.5, 0.6) is 0 Å². The van der Waals surface area contributed by atoms with Crippen molar-refractivity contribution in [3.8, 4) is 0 Å². The highest BCUT2D eigenvalue weighted by Gasteiger charge is 2.26. The minimum absolute atomic E-state index is 0.0503. The van der Waals surface area contributed by atoms with Crippen molar-refractivity contribution in [2.75, 3.05) is 0 Å². The van der Waals surface area contributed by atoms with Crippen molar-refractivity contribution in [3.63, 3.8) is 0 Å². The summed E-state index contributed by atoms with van der Waals surface area (Å²) in [7, 11) is 0. The number of carbonyl (C=O) groups is 1. The summed E-state index contributed by atoms with van der Waals surface area (Å²) in [5.74, 6) is -14.7. The quantitative estimate of drug-likeness (QED) is 0.350. The highest BCUT2D eigenvalue weighted by atomic mass is 19.2. The third-order valence-corrected chi connectivity index (χ3v) is 2.20. The summed E-state index contributed by atoms with van der Waals surface area (Å²) < 4.78 is 90.3. The molecule has 0 aliphatic rings. The first-order chi connectivity index (χ1) is 9.27. The van der Waals surface area contributed by atoms with Crippen LogP contribution in [0.2, 0.25) is 0 Å². The van der Waals surface area contributed by atoms with Crippen LogP contribution in [0.3, 0.4) is 0 Å². The first-order valence-corrected chi connectivity index (χ1v) is 4.64.